The van der Waals surface area contributed by atoms with E-state index in [1.165, 1.54) is 11.8 Å². The zero-order valence-corrected chi connectivity index (χ0v) is 27.0. The monoisotopic (exact) mass is 647 g/mol. The van der Waals surface area contributed by atoms with Crippen LogP contribution in [0.2, 0.25) is 0 Å². The molecule has 0 bridgehead atoms. The number of aryl methyl sites for hydroxylation is 1. The Bertz CT molecular complexity index is 2090. The van der Waals surface area contributed by atoms with Crippen LogP contribution >= 0.6 is 11.8 Å². The van der Waals surface area contributed by atoms with Crippen LogP contribution in [0.15, 0.2) is 162 Å². The van der Waals surface area contributed by atoms with Crippen molar-refractivity contribution in [3.8, 4) is 0 Å². The van der Waals surface area contributed by atoms with Gasteiger partial charge in [0.25, 0.3) is 11.8 Å². The molecule has 3 amide bonds. The van der Waals surface area contributed by atoms with E-state index in [1.54, 1.807) is 42.5 Å². The van der Waals surface area contributed by atoms with E-state index < -0.39 is 11.2 Å². The number of rotatable bonds is 10. The minimum Gasteiger partial charge on any atom is -0.325 e. The summed E-state index contributed by atoms with van der Waals surface area (Å²) in [5.74, 6) is -0.987. The summed E-state index contributed by atoms with van der Waals surface area (Å²) in [6.45, 7) is 1.99. The predicted molar refractivity (Wildman–Crippen MR) is 196 cm³/mol. The van der Waals surface area contributed by atoms with Crippen molar-refractivity contribution >= 4 is 57.7 Å². The largest absolute Gasteiger partial charge is 0.325 e. The van der Waals surface area contributed by atoms with Crippen molar-refractivity contribution in [2.75, 3.05) is 10.6 Å². The number of nitrogens with one attached hydrogen (secondary N) is 3. The van der Waals surface area contributed by atoms with Crippen molar-refractivity contribution < 1.29 is 14.4 Å². The first-order valence-electron chi connectivity index (χ1n) is 15.5. The number of thioether (sulfide) groups is 1. The van der Waals surface area contributed by atoms with Gasteiger partial charge in [0.2, 0.25) is 5.91 Å². The lowest BCUT2D eigenvalue weighted by Gasteiger charge is -2.18. The summed E-state index contributed by atoms with van der Waals surface area (Å²) in [6.07, 6.45) is 1.69. The van der Waals surface area contributed by atoms with Gasteiger partial charge in [0.05, 0.1) is 0 Å². The van der Waals surface area contributed by atoms with E-state index in [4.69, 9.17) is 0 Å². The van der Waals surface area contributed by atoms with E-state index >= 15 is 0 Å². The number of anilines is 2. The number of benzene rings is 6. The molecule has 6 aromatic rings. The Kier molecular flexibility index (Phi) is 10.1. The van der Waals surface area contributed by atoms with Crippen LogP contribution in [-0.4, -0.2) is 17.7 Å². The summed E-state index contributed by atoms with van der Waals surface area (Å²) in [7, 11) is 0. The van der Waals surface area contributed by atoms with Gasteiger partial charge in [0, 0.05) is 21.8 Å². The summed E-state index contributed by atoms with van der Waals surface area (Å²) in [5, 5.41) is 10.3. The van der Waals surface area contributed by atoms with Gasteiger partial charge in [-0.2, -0.15) is 0 Å². The number of fused-ring (bicyclic) bond motifs is 1. The molecular formula is C41H33N3O3S. The molecule has 1 atom stereocenters. The Labute approximate surface area is 283 Å². The van der Waals surface area contributed by atoms with Gasteiger partial charge in [0.15, 0.2) is 0 Å². The van der Waals surface area contributed by atoms with Crippen LogP contribution in [0.1, 0.15) is 32.3 Å². The second-order valence-electron chi connectivity index (χ2n) is 11.2. The van der Waals surface area contributed by atoms with E-state index in [0.29, 0.717) is 11.3 Å². The van der Waals surface area contributed by atoms with Crippen LogP contribution < -0.4 is 16.0 Å². The maximum absolute atomic E-state index is 13.7. The minimum absolute atomic E-state index is 0.107. The first-order valence-corrected chi connectivity index (χ1v) is 16.4. The van der Waals surface area contributed by atoms with Gasteiger partial charge in [-0.25, -0.2) is 0 Å². The molecule has 48 heavy (non-hydrogen) atoms. The fourth-order valence-corrected chi connectivity index (χ4v) is 6.28. The highest BCUT2D eigenvalue weighted by Gasteiger charge is 2.23. The van der Waals surface area contributed by atoms with Crippen LogP contribution in [0.4, 0.5) is 11.4 Å². The highest BCUT2D eigenvalue weighted by molar-refractivity contribution is 8.00. The normalized spacial score (nSPS) is 11.8. The lowest BCUT2D eigenvalue weighted by molar-refractivity contribution is -0.116. The maximum atomic E-state index is 13.7. The topological polar surface area (TPSA) is 87.3 Å². The Morgan fingerprint density at radius 2 is 1.31 bits per heavy atom. The third-order valence-corrected chi connectivity index (χ3v) is 8.91. The van der Waals surface area contributed by atoms with Crippen LogP contribution in [0, 0.1) is 6.92 Å². The molecule has 6 aromatic carbocycles. The Morgan fingerprint density at radius 1 is 0.646 bits per heavy atom. The average Bonchev–Trinajstić information content (AvgIpc) is 3.11. The summed E-state index contributed by atoms with van der Waals surface area (Å²) < 4.78 is 0. The molecule has 3 N–H and O–H groups in total. The first kappa shape index (κ1) is 32.0. The molecule has 0 saturated heterocycles. The summed E-state index contributed by atoms with van der Waals surface area (Å²) >= 11 is 1.42. The highest BCUT2D eigenvalue weighted by Crippen LogP contribution is 2.37. The number of hydrogen-bond acceptors (Lipinski definition) is 4. The summed E-state index contributed by atoms with van der Waals surface area (Å²) in [4.78, 5) is 41.2. The van der Waals surface area contributed by atoms with Crippen LogP contribution in [0.5, 0.6) is 0 Å². The van der Waals surface area contributed by atoms with E-state index in [0.717, 1.165) is 38.0 Å². The highest BCUT2D eigenvalue weighted by atomic mass is 32.2. The Hall–Kier alpha value is -5.92. The molecular weight excluding hydrogens is 615 g/mol. The van der Waals surface area contributed by atoms with Crippen molar-refractivity contribution in [2.45, 2.75) is 17.1 Å². The van der Waals surface area contributed by atoms with Crippen molar-refractivity contribution in [3.63, 3.8) is 0 Å². The van der Waals surface area contributed by atoms with Crippen molar-refractivity contribution in [2.24, 2.45) is 0 Å². The molecule has 0 aliphatic carbocycles. The number of hydrogen-bond donors (Lipinski definition) is 3. The van der Waals surface area contributed by atoms with E-state index in [2.05, 4.69) is 16.0 Å². The van der Waals surface area contributed by atoms with Gasteiger partial charge in [-0.05, 0) is 89.0 Å². The number of amides is 3. The lowest BCUT2D eigenvalue weighted by Crippen LogP contribution is -2.30. The number of carbonyl (C=O) groups excluding carboxylic acids is 3. The molecule has 0 radical (unpaired) electrons. The minimum atomic E-state index is -0.504. The third kappa shape index (κ3) is 8.07. The molecule has 0 fully saturated rings. The SMILES string of the molecule is Cc1cccc(NC(=O)C(Sc2ccc(NC(=O)/C(=C/c3cccc4ccccc34)NC(=O)c3ccccc3)cc2)c2ccccc2)c1. The molecule has 0 spiro atoms. The fraction of sp³-hybridized carbons (Fsp3) is 0.0488. The van der Waals surface area contributed by atoms with E-state index in [1.807, 2.05) is 122 Å². The first-order chi connectivity index (χ1) is 23.4. The molecule has 6 nitrogen and oxygen atoms in total. The van der Waals surface area contributed by atoms with Gasteiger partial charge in [-0.1, -0.05) is 103 Å². The van der Waals surface area contributed by atoms with Gasteiger partial charge >= 0.3 is 0 Å². The predicted octanol–water partition coefficient (Wildman–Crippen LogP) is 9.03. The average molecular weight is 648 g/mol. The van der Waals surface area contributed by atoms with Crippen LogP contribution in [0.3, 0.4) is 0 Å². The molecule has 0 heterocycles. The summed E-state index contributed by atoms with van der Waals surface area (Å²) in [6, 6.07) is 47.2. The molecule has 6 rings (SSSR count). The zero-order chi connectivity index (χ0) is 33.3. The molecule has 0 saturated carbocycles. The summed E-state index contributed by atoms with van der Waals surface area (Å²) in [5.41, 5.74) is 4.57. The van der Waals surface area contributed by atoms with Crippen LogP contribution in [-0.2, 0) is 9.59 Å². The molecule has 236 valence electrons. The smallest absolute Gasteiger partial charge is 0.272 e. The van der Waals surface area contributed by atoms with Gasteiger partial charge < -0.3 is 16.0 Å². The zero-order valence-electron chi connectivity index (χ0n) is 26.2. The van der Waals surface area contributed by atoms with E-state index in [-0.39, 0.29) is 17.5 Å². The molecule has 0 aromatic heterocycles. The van der Waals surface area contributed by atoms with Crippen molar-refractivity contribution in [1.82, 2.24) is 5.32 Å². The lowest BCUT2D eigenvalue weighted by atomic mass is 10.0. The van der Waals surface area contributed by atoms with Crippen molar-refractivity contribution in [3.05, 3.63) is 180 Å². The number of carbonyl (C=O) groups is 3. The van der Waals surface area contributed by atoms with Crippen molar-refractivity contribution in [1.29, 1.82) is 0 Å². The molecule has 1 unspecified atom stereocenters. The third-order valence-electron chi connectivity index (χ3n) is 7.64. The Balaban J connectivity index is 1.22. The van der Waals surface area contributed by atoms with Crippen LogP contribution in [0.25, 0.3) is 16.8 Å². The quantitative estimate of drug-likeness (QED) is 0.102. The second-order valence-corrected chi connectivity index (χ2v) is 12.4. The van der Waals surface area contributed by atoms with Gasteiger partial charge in [0.1, 0.15) is 10.9 Å². The standard InChI is InChI=1S/C41H33N3O3S/c1-28-12-10-20-34(26-28)43-41(47)38(30-14-4-2-5-15-30)48-35-24-22-33(23-25-35)42-40(46)37(44-39(45)31-16-6-3-7-17-31)27-32-19-11-18-29-13-8-9-21-36(29)32/h2-27,38H,1H3,(H,42,46)(H,43,47)(H,44,45)/b37-27-. The Morgan fingerprint density at radius 3 is 2.06 bits per heavy atom. The maximum Gasteiger partial charge on any atom is 0.272 e. The molecule has 7 heteroatoms. The van der Waals surface area contributed by atoms with E-state index in [9.17, 15) is 14.4 Å². The van der Waals surface area contributed by atoms with Gasteiger partial charge in [-0.15, -0.1) is 11.8 Å². The fourth-order valence-electron chi connectivity index (χ4n) is 5.26. The molecule has 0 aliphatic heterocycles. The second kappa shape index (κ2) is 15.1. The van der Waals surface area contributed by atoms with Gasteiger partial charge in [-0.3, -0.25) is 14.4 Å². The molecule has 0 aliphatic rings.